The number of methoxy groups -OCH3 is 1. The molecule has 0 aliphatic carbocycles. The fraction of sp³-hybridized carbons (Fsp3) is 0.333. The predicted molar refractivity (Wildman–Crippen MR) is 64.1 cm³/mol. The highest BCUT2D eigenvalue weighted by Crippen LogP contribution is 2.14. The number of hydrogen-bond acceptors (Lipinski definition) is 6. The minimum atomic E-state index is -0.623. The Hall–Kier alpha value is -1.92. The van der Waals surface area contributed by atoms with E-state index in [0.717, 1.165) is 11.3 Å². The van der Waals surface area contributed by atoms with E-state index in [9.17, 15) is 0 Å². The van der Waals surface area contributed by atoms with Gasteiger partial charge in [0, 0.05) is 6.42 Å². The minimum absolute atomic E-state index is 0.218. The highest BCUT2D eigenvalue weighted by molar-refractivity contribution is 5.28. The van der Waals surface area contributed by atoms with E-state index in [4.69, 9.17) is 20.1 Å². The number of nitrogens with two attached hydrogens (primary N) is 1. The lowest BCUT2D eigenvalue weighted by Crippen LogP contribution is -2.14. The van der Waals surface area contributed by atoms with Gasteiger partial charge in [0.1, 0.15) is 11.8 Å². The van der Waals surface area contributed by atoms with E-state index in [0.29, 0.717) is 12.2 Å². The van der Waals surface area contributed by atoms with E-state index >= 15 is 0 Å². The summed E-state index contributed by atoms with van der Waals surface area (Å²) in [5.41, 5.74) is 6.62. The van der Waals surface area contributed by atoms with Gasteiger partial charge in [0.05, 0.1) is 13.7 Å². The fourth-order valence-electron chi connectivity index (χ4n) is 1.49. The van der Waals surface area contributed by atoms with Gasteiger partial charge in [-0.2, -0.15) is 4.98 Å². The first kappa shape index (κ1) is 12.5. The quantitative estimate of drug-likeness (QED) is 0.808. The topological polar surface area (TPSA) is 94.4 Å². The largest absolute Gasteiger partial charge is 0.497 e. The number of benzene rings is 1. The first-order chi connectivity index (χ1) is 8.72. The van der Waals surface area contributed by atoms with E-state index in [-0.39, 0.29) is 12.5 Å². The zero-order valence-corrected chi connectivity index (χ0v) is 10.0. The lowest BCUT2D eigenvalue weighted by Gasteiger charge is -2.01. The zero-order valence-electron chi connectivity index (χ0n) is 10.0. The van der Waals surface area contributed by atoms with Gasteiger partial charge in [-0.25, -0.2) is 0 Å². The maximum atomic E-state index is 8.88. The minimum Gasteiger partial charge on any atom is -0.497 e. The molecule has 0 saturated carbocycles. The van der Waals surface area contributed by atoms with Crippen molar-refractivity contribution in [3.05, 3.63) is 41.5 Å². The van der Waals surface area contributed by atoms with Crippen LogP contribution in [0.5, 0.6) is 5.75 Å². The van der Waals surface area contributed by atoms with Gasteiger partial charge in [-0.1, -0.05) is 17.3 Å². The molecule has 6 heteroatoms. The Morgan fingerprint density at radius 1 is 1.39 bits per heavy atom. The van der Waals surface area contributed by atoms with Crippen LogP contribution in [0.4, 0.5) is 0 Å². The molecular weight excluding hydrogens is 234 g/mol. The van der Waals surface area contributed by atoms with Crippen LogP contribution in [-0.2, 0) is 6.42 Å². The zero-order chi connectivity index (χ0) is 13.0. The van der Waals surface area contributed by atoms with Crippen molar-refractivity contribution in [1.82, 2.24) is 10.1 Å². The van der Waals surface area contributed by atoms with Gasteiger partial charge in [-0.05, 0) is 17.7 Å². The highest BCUT2D eigenvalue weighted by Gasteiger charge is 2.13. The third-order valence-electron chi connectivity index (χ3n) is 2.52. The molecule has 6 nitrogen and oxygen atoms in total. The Morgan fingerprint density at radius 2 is 2.11 bits per heavy atom. The number of aliphatic hydroxyl groups excluding tert-OH is 1. The van der Waals surface area contributed by atoms with Crippen LogP contribution < -0.4 is 10.5 Å². The maximum absolute atomic E-state index is 8.88. The molecule has 0 radical (unpaired) electrons. The van der Waals surface area contributed by atoms with Crippen molar-refractivity contribution in [2.45, 2.75) is 12.5 Å². The average Bonchev–Trinajstić information content (AvgIpc) is 2.87. The molecule has 1 heterocycles. The summed E-state index contributed by atoms with van der Waals surface area (Å²) in [6.07, 6.45) is 0.547. The van der Waals surface area contributed by atoms with Crippen LogP contribution in [0.15, 0.2) is 28.8 Å². The average molecular weight is 249 g/mol. The molecule has 0 saturated heterocycles. The summed E-state index contributed by atoms with van der Waals surface area (Å²) in [4.78, 5) is 4.12. The first-order valence-electron chi connectivity index (χ1n) is 5.54. The summed E-state index contributed by atoms with van der Waals surface area (Å²) in [6, 6.07) is 6.98. The van der Waals surface area contributed by atoms with E-state index in [2.05, 4.69) is 10.1 Å². The third-order valence-corrected chi connectivity index (χ3v) is 2.52. The molecule has 3 N–H and O–H groups in total. The number of aromatic nitrogens is 2. The lowest BCUT2D eigenvalue weighted by atomic mass is 10.1. The van der Waals surface area contributed by atoms with Gasteiger partial charge in [0.2, 0.25) is 5.89 Å². The molecule has 0 aliphatic heterocycles. The molecular formula is C12H15N3O3. The second kappa shape index (κ2) is 5.61. The molecule has 1 aromatic carbocycles. The molecule has 0 aliphatic rings. The molecule has 2 rings (SSSR count). The molecule has 1 atom stereocenters. The SMILES string of the molecule is COc1ccc(Cc2noc([C@@H](N)CO)n2)cc1. The number of rotatable bonds is 5. The van der Waals surface area contributed by atoms with Gasteiger partial charge in [-0.3, -0.25) is 0 Å². The van der Waals surface area contributed by atoms with Gasteiger partial charge in [0.15, 0.2) is 5.82 Å². The maximum Gasteiger partial charge on any atom is 0.245 e. The van der Waals surface area contributed by atoms with Crippen molar-refractivity contribution in [3.63, 3.8) is 0 Å². The van der Waals surface area contributed by atoms with Crippen molar-refractivity contribution in [3.8, 4) is 5.75 Å². The van der Waals surface area contributed by atoms with Crippen LogP contribution in [0.3, 0.4) is 0 Å². The molecule has 1 aromatic heterocycles. The second-order valence-corrected chi connectivity index (χ2v) is 3.86. The molecule has 0 spiro atoms. The van der Waals surface area contributed by atoms with E-state index < -0.39 is 6.04 Å². The Bertz CT molecular complexity index is 496. The smallest absolute Gasteiger partial charge is 0.245 e. The van der Waals surface area contributed by atoms with Gasteiger partial charge >= 0.3 is 0 Å². The van der Waals surface area contributed by atoms with Crippen LogP contribution >= 0.6 is 0 Å². The summed E-state index contributed by atoms with van der Waals surface area (Å²) < 4.78 is 10.0. The summed E-state index contributed by atoms with van der Waals surface area (Å²) in [5, 5.41) is 12.7. The number of aliphatic hydroxyl groups is 1. The van der Waals surface area contributed by atoms with Gasteiger partial charge in [-0.15, -0.1) is 0 Å². The van der Waals surface area contributed by atoms with Crippen molar-refractivity contribution in [2.75, 3.05) is 13.7 Å². The van der Waals surface area contributed by atoms with E-state index in [1.807, 2.05) is 24.3 Å². The Kier molecular flexibility index (Phi) is 3.91. The molecule has 0 amide bonds. The monoisotopic (exact) mass is 249 g/mol. The van der Waals surface area contributed by atoms with Crippen molar-refractivity contribution in [1.29, 1.82) is 0 Å². The molecule has 0 fully saturated rings. The standard InChI is InChI=1S/C12H15N3O3/c1-17-9-4-2-8(3-5-9)6-11-14-12(18-15-11)10(13)7-16/h2-5,10,16H,6-7,13H2,1H3/t10-/m0/s1. The van der Waals surface area contributed by atoms with Crippen LogP contribution in [0.2, 0.25) is 0 Å². The number of nitrogens with zero attached hydrogens (tertiary/aromatic N) is 2. The van der Waals surface area contributed by atoms with Gasteiger partial charge < -0.3 is 20.1 Å². The summed E-state index contributed by atoms with van der Waals surface area (Å²) in [6.45, 7) is -0.218. The van der Waals surface area contributed by atoms with Crippen molar-refractivity contribution in [2.24, 2.45) is 5.73 Å². The van der Waals surface area contributed by atoms with Crippen molar-refractivity contribution < 1.29 is 14.4 Å². The summed E-state index contributed by atoms with van der Waals surface area (Å²) >= 11 is 0. The Labute approximate surface area is 104 Å². The van der Waals surface area contributed by atoms with Gasteiger partial charge in [0.25, 0.3) is 0 Å². The molecule has 96 valence electrons. The first-order valence-corrected chi connectivity index (χ1v) is 5.54. The normalized spacial score (nSPS) is 12.4. The Balaban J connectivity index is 2.06. The predicted octanol–water partition coefficient (Wildman–Crippen LogP) is 0.661. The number of hydrogen-bond donors (Lipinski definition) is 2. The molecule has 0 bridgehead atoms. The molecule has 0 unspecified atom stereocenters. The van der Waals surface area contributed by atoms with Crippen LogP contribution in [-0.4, -0.2) is 29.0 Å². The van der Waals surface area contributed by atoms with Crippen LogP contribution in [0.25, 0.3) is 0 Å². The molecule has 2 aromatic rings. The second-order valence-electron chi connectivity index (χ2n) is 3.86. The molecule has 18 heavy (non-hydrogen) atoms. The van der Waals surface area contributed by atoms with Crippen LogP contribution in [0.1, 0.15) is 23.3 Å². The number of ether oxygens (including phenoxy) is 1. The van der Waals surface area contributed by atoms with E-state index in [1.54, 1.807) is 7.11 Å². The van der Waals surface area contributed by atoms with E-state index in [1.165, 1.54) is 0 Å². The summed E-state index contributed by atoms with van der Waals surface area (Å²) in [7, 11) is 1.62. The lowest BCUT2D eigenvalue weighted by molar-refractivity contribution is 0.236. The van der Waals surface area contributed by atoms with Crippen LogP contribution in [0, 0.1) is 0 Å². The fourth-order valence-corrected chi connectivity index (χ4v) is 1.49. The summed E-state index contributed by atoms with van der Waals surface area (Å²) in [5.74, 6) is 1.59. The third kappa shape index (κ3) is 2.85. The highest BCUT2D eigenvalue weighted by atomic mass is 16.5. The van der Waals surface area contributed by atoms with Crippen molar-refractivity contribution >= 4 is 0 Å². The Morgan fingerprint density at radius 3 is 2.72 bits per heavy atom.